The Morgan fingerprint density at radius 1 is 1.30 bits per heavy atom. The molecule has 0 saturated heterocycles. The molecule has 1 N–H and O–H groups in total. The van der Waals surface area contributed by atoms with Crippen LogP contribution in [0.3, 0.4) is 0 Å². The Morgan fingerprint density at radius 2 is 2.10 bits per heavy atom. The summed E-state index contributed by atoms with van der Waals surface area (Å²) < 4.78 is 1.54. The number of hydrogen-bond acceptors (Lipinski definition) is 4. The molecule has 0 saturated carbocycles. The minimum Gasteiger partial charge on any atom is -0.357 e. The van der Waals surface area contributed by atoms with Gasteiger partial charge in [-0.2, -0.15) is 0 Å². The van der Waals surface area contributed by atoms with Crippen LogP contribution in [0.4, 0.5) is 5.82 Å². The van der Waals surface area contributed by atoms with E-state index in [4.69, 9.17) is 0 Å². The zero-order valence-electron chi connectivity index (χ0n) is 11.7. The van der Waals surface area contributed by atoms with E-state index in [1.165, 1.54) is 15.7 Å². The van der Waals surface area contributed by atoms with Crippen LogP contribution >= 0.6 is 0 Å². The lowest BCUT2D eigenvalue weighted by Gasteiger charge is -2.32. The second-order valence-electron chi connectivity index (χ2n) is 5.28. The first-order chi connectivity index (χ1) is 9.65. The highest BCUT2D eigenvalue weighted by Crippen LogP contribution is 2.27. The molecule has 104 valence electrons. The predicted molar refractivity (Wildman–Crippen MR) is 78.6 cm³/mol. The molecule has 1 aromatic carbocycles. The van der Waals surface area contributed by atoms with Crippen molar-refractivity contribution in [2.75, 3.05) is 18.9 Å². The van der Waals surface area contributed by atoms with E-state index in [0.717, 1.165) is 13.1 Å². The number of rotatable bonds is 2. The highest BCUT2D eigenvalue weighted by molar-refractivity contribution is 5.41. The van der Waals surface area contributed by atoms with Gasteiger partial charge in [0, 0.05) is 32.5 Å². The van der Waals surface area contributed by atoms with Crippen molar-refractivity contribution in [2.45, 2.75) is 12.6 Å². The molecule has 0 fully saturated rings. The van der Waals surface area contributed by atoms with Crippen molar-refractivity contribution < 1.29 is 0 Å². The van der Waals surface area contributed by atoms with Crippen LogP contribution in [0.15, 0.2) is 41.5 Å². The second-order valence-corrected chi connectivity index (χ2v) is 5.28. The van der Waals surface area contributed by atoms with E-state index in [-0.39, 0.29) is 11.6 Å². The third-order valence-electron chi connectivity index (χ3n) is 3.69. The van der Waals surface area contributed by atoms with Crippen LogP contribution in [-0.4, -0.2) is 28.0 Å². The number of nitrogens with zero attached hydrogens (tertiary/aromatic N) is 3. The number of aromatic nitrogens is 2. The molecule has 3 rings (SSSR count). The first kappa shape index (κ1) is 12.9. The molecule has 1 unspecified atom stereocenters. The van der Waals surface area contributed by atoms with E-state index in [9.17, 15) is 4.79 Å². The first-order valence-corrected chi connectivity index (χ1v) is 6.69. The summed E-state index contributed by atoms with van der Waals surface area (Å²) in [5.41, 5.74) is 2.45. The molecule has 0 spiro atoms. The lowest BCUT2D eigenvalue weighted by atomic mass is 9.96. The van der Waals surface area contributed by atoms with Crippen molar-refractivity contribution in [3.05, 3.63) is 58.1 Å². The lowest BCUT2D eigenvalue weighted by molar-refractivity contribution is 0.291. The number of hydrogen-bond donors (Lipinski definition) is 1. The van der Waals surface area contributed by atoms with Crippen molar-refractivity contribution in [3.8, 4) is 0 Å². The van der Waals surface area contributed by atoms with E-state index in [1.54, 1.807) is 19.4 Å². The molecule has 0 aliphatic carbocycles. The fourth-order valence-electron chi connectivity index (χ4n) is 2.67. The average Bonchev–Trinajstić information content (AvgIpc) is 2.43. The van der Waals surface area contributed by atoms with E-state index in [1.807, 2.05) is 6.07 Å². The summed E-state index contributed by atoms with van der Waals surface area (Å²) in [6, 6.07) is 8.43. The fraction of sp³-hybridized carbons (Fsp3) is 0.333. The van der Waals surface area contributed by atoms with Crippen molar-refractivity contribution in [1.29, 1.82) is 0 Å². The number of fused-ring (bicyclic) bond motifs is 1. The Kier molecular flexibility index (Phi) is 3.28. The molecule has 0 bridgehead atoms. The monoisotopic (exact) mass is 270 g/mol. The van der Waals surface area contributed by atoms with Gasteiger partial charge in [0.25, 0.3) is 5.56 Å². The zero-order chi connectivity index (χ0) is 14.1. The summed E-state index contributed by atoms with van der Waals surface area (Å²) in [6.45, 7) is 1.80. The maximum Gasteiger partial charge on any atom is 0.293 e. The Balaban J connectivity index is 1.95. The van der Waals surface area contributed by atoms with E-state index >= 15 is 0 Å². The Morgan fingerprint density at radius 3 is 2.95 bits per heavy atom. The van der Waals surface area contributed by atoms with Gasteiger partial charge in [0.05, 0.1) is 6.04 Å². The van der Waals surface area contributed by atoms with Crippen molar-refractivity contribution in [1.82, 2.24) is 14.5 Å². The molecule has 2 aromatic rings. The van der Waals surface area contributed by atoms with Crippen LogP contribution < -0.4 is 10.9 Å². The summed E-state index contributed by atoms with van der Waals surface area (Å²) in [6.07, 6.45) is 3.30. The smallest absolute Gasteiger partial charge is 0.293 e. The Labute approximate surface area is 117 Å². The maximum atomic E-state index is 12.1. The highest BCUT2D eigenvalue weighted by atomic mass is 16.1. The largest absolute Gasteiger partial charge is 0.357 e. The van der Waals surface area contributed by atoms with Gasteiger partial charge in [-0.15, -0.1) is 0 Å². The quantitative estimate of drug-likeness (QED) is 0.895. The van der Waals surface area contributed by atoms with Crippen LogP contribution in [0.5, 0.6) is 0 Å². The molecule has 20 heavy (non-hydrogen) atoms. The Hall–Kier alpha value is -2.14. The molecule has 1 atom stereocenters. The van der Waals surface area contributed by atoms with Gasteiger partial charge in [-0.25, -0.2) is 4.98 Å². The lowest BCUT2D eigenvalue weighted by Crippen LogP contribution is -2.35. The molecule has 1 aliphatic rings. The van der Waals surface area contributed by atoms with Gasteiger partial charge in [0.15, 0.2) is 5.82 Å². The van der Waals surface area contributed by atoms with Crippen LogP contribution in [0.1, 0.15) is 17.2 Å². The SMILES string of the molecule is CN1Cc2ccccc2C(Nc2nccn(C)c2=O)C1. The molecule has 0 amide bonds. The molecule has 0 radical (unpaired) electrons. The average molecular weight is 270 g/mol. The molecule has 1 aliphatic heterocycles. The summed E-state index contributed by atoms with van der Waals surface area (Å²) in [5.74, 6) is 0.408. The molecule has 5 heteroatoms. The summed E-state index contributed by atoms with van der Waals surface area (Å²) in [4.78, 5) is 18.5. The number of benzene rings is 1. The number of nitrogens with one attached hydrogen (secondary N) is 1. The van der Waals surface area contributed by atoms with Crippen molar-refractivity contribution in [2.24, 2.45) is 7.05 Å². The molecular formula is C15H18N4O. The van der Waals surface area contributed by atoms with Crippen molar-refractivity contribution in [3.63, 3.8) is 0 Å². The second kappa shape index (κ2) is 5.09. The summed E-state index contributed by atoms with van der Waals surface area (Å²) >= 11 is 0. The predicted octanol–water partition coefficient (Wildman–Crippen LogP) is 1.38. The summed E-state index contributed by atoms with van der Waals surface area (Å²) in [7, 11) is 3.82. The minimum absolute atomic E-state index is 0.0903. The Bertz CT molecular complexity index is 680. The number of likely N-dealkylation sites (N-methyl/N-ethyl adjacent to an activating group) is 1. The van der Waals surface area contributed by atoms with E-state index < -0.39 is 0 Å². The standard InChI is InChI=1S/C15H18N4O/c1-18-9-11-5-3-4-6-12(11)13(10-18)17-14-15(20)19(2)8-7-16-14/h3-8,13H,9-10H2,1-2H3,(H,16,17). The van der Waals surface area contributed by atoms with Gasteiger partial charge in [0.1, 0.15) is 0 Å². The van der Waals surface area contributed by atoms with Gasteiger partial charge in [0.2, 0.25) is 0 Å². The number of aryl methyl sites for hydroxylation is 1. The van der Waals surface area contributed by atoms with Crippen LogP contribution in [-0.2, 0) is 13.6 Å². The number of anilines is 1. The van der Waals surface area contributed by atoms with Gasteiger partial charge < -0.3 is 9.88 Å². The molecular weight excluding hydrogens is 252 g/mol. The zero-order valence-corrected chi connectivity index (χ0v) is 11.7. The first-order valence-electron chi connectivity index (χ1n) is 6.69. The third-order valence-corrected chi connectivity index (χ3v) is 3.69. The van der Waals surface area contributed by atoms with Gasteiger partial charge in [-0.05, 0) is 18.2 Å². The van der Waals surface area contributed by atoms with Crippen LogP contribution in [0.25, 0.3) is 0 Å². The van der Waals surface area contributed by atoms with Gasteiger partial charge >= 0.3 is 0 Å². The topological polar surface area (TPSA) is 50.2 Å². The van der Waals surface area contributed by atoms with E-state index in [2.05, 4.69) is 40.4 Å². The highest BCUT2D eigenvalue weighted by Gasteiger charge is 2.23. The molecule has 2 heterocycles. The molecule has 1 aromatic heterocycles. The van der Waals surface area contributed by atoms with Crippen LogP contribution in [0, 0.1) is 0 Å². The van der Waals surface area contributed by atoms with Gasteiger partial charge in [-0.1, -0.05) is 24.3 Å². The minimum atomic E-state index is -0.0989. The van der Waals surface area contributed by atoms with Gasteiger partial charge in [-0.3, -0.25) is 9.69 Å². The van der Waals surface area contributed by atoms with Crippen molar-refractivity contribution >= 4 is 5.82 Å². The third kappa shape index (κ3) is 2.32. The summed E-state index contributed by atoms with van der Waals surface area (Å²) in [5, 5.41) is 3.29. The fourth-order valence-corrected chi connectivity index (χ4v) is 2.67. The normalized spacial score (nSPS) is 18.6. The van der Waals surface area contributed by atoms with E-state index in [0.29, 0.717) is 5.82 Å². The maximum absolute atomic E-state index is 12.1. The van der Waals surface area contributed by atoms with Crippen LogP contribution in [0.2, 0.25) is 0 Å². The molecule has 5 nitrogen and oxygen atoms in total.